The highest BCUT2D eigenvalue weighted by atomic mass is 19.3. The number of rotatable bonds is 13. The predicted molar refractivity (Wildman–Crippen MR) is 129 cm³/mol. The summed E-state index contributed by atoms with van der Waals surface area (Å²) in [5.41, 5.74) is 2.40. The molecule has 35 heavy (non-hydrogen) atoms. The normalized spacial score (nSPS) is 13.6. The number of alkyl halides is 4. The number of hydrogen-bond donors (Lipinski definition) is 2. The lowest BCUT2D eigenvalue weighted by Crippen LogP contribution is -2.33. The zero-order chi connectivity index (χ0) is 26.2. The van der Waals surface area contributed by atoms with Gasteiger partial charge in [0.2, 0.25) is 0 Å². The van der Waals surface area contributed by atoms with Crippen molar-refractivity contribution in [3.05, 3.63) is 53.3 Å². The van der Waals surface area contributed by atoms with Crippen LogP contribution in [0.3, 0.4) is 0 Å². The highest BCUT2D eigenvalue weighted by Gasteiger charge is 2.43. The van der Waals surface area contributed by atoms with Crippen LogP contribution in [0.5, 0.6) is 5.75 Å². The summed E-state index contributed by atoms with van der Waals surface area (Å²) in [7, 11) is 0. The van der Waals surface area contributed by atoms with Crippen molar-refractivity contribution in [3.8, 4) is 5.75 Å². The van der Waals surface area contributed by atoms with Crippen LogP contribution in [0.2, 0.25) is 0 Å². The number of benzene rings is 1. The maximum atomic E-state index is 13.1. The van der Waals surface area contributed by atoms with E-state index in [2.05, 4.69) is 41.1 Å². The summed E-state index contributed by atoms with van der Waals surface area (Å²) in [6, 6.07) is 6.47. The molecule has 0 fully saturated rings. The predicted octanol–water partition coefficient (Wildman–Crippen LogP) is 6.99. The topological polar surface area (TPSA) is 63.2 Å². The quantitative estimate of drug-likeness (QED) is 0.293. The summed E-state index contributed by atoms with van der Waals surface area (Å²) < 4.78 is 54.9. The molecule has 2 rings (SSSR count). The number of ether oxygens (including phenoxy) is 1. The number of amides is 1. The summed E-state index contributed by atoms with van der Waals surface area (Å²) in [6.45, 7) is 10.8. The Bertz CT molecular complexity index is 952. The van der Waals surface area contributed by atoms with Gasteiger partial charge in [0.05, 0.1) is 23.5 Å². The Morgan fingerprint density at radius 3 is 2.37 bits per heavy atom. The van der Waals surface area contributed by atoms with E-state index in [4.69, 9.17) is 0 Å². The number of aryl methyl sites for hydroxylation is 1. The van der Waals surface area contributed by atoms with Crippen molar-refractivity contribution in [1.29, 1.82) is 0 Å². The standard InChI is InChI=1S/C26H35F4N3O2/c1-6-7-19(12-16(2)3)14-32-23-15-31-17(4)13-22(23)24(34)33-18(5)20-8-10-21(11-9-20)35-26(29,30)25(27)28/h8-11,13,15-16,18-19,25,32H,6-7,12,14H2,1-5H3,(H,33,34). The fourth-order valence-corrected chi connectivity index (χ4v) is 3.90. The number of aromatic nitrogens is 1. The molecule has 0 radical (unpaired) electrons. The van der Waals surface area contributed by atoms with Gasteiger partial charge in [-0.05, 0) is 62.3 Å². The zero-order valence-electron chi connectivity index (χ0n) is 20.9. The van der Waals surface area contributed by atoms with E-state index in [1.807, 2.05) is 0 Å². The first kappa shape index (κ1) is 28.4. The van der Waals surface area contributed by atoms with Gasteiger partial charge in [-0.15, -0.1) is 0 Å². The van der Waals surface area contributed by atoms with Gasteiger partial charge < -0.3 is 15.4 Å². The largest absolute Gasteiger partial charge is 0.461 e. The molecule has 2 unspecified atom stereocenters. The third kappa shape index (κ3) is 8.71. The summed E-state index contributed by atoms with van der Waals surface area (Å²) in [4.78, 5) is 17.4. The Morgan fingerprint density at radius 1 is 1.14 bits per heavy atom. The van der Waals surface area contributed by atoms with Gasteiger partial charge in [-0.3, -0.25) is 9.78 Å². The molecular weight excluding hydrogens is 462 g/mol. The van der Waals surface area contributed by atoms with E-state index in [-0.39, 0.29) is 5.91 Å². The van der Waals surface area contributed by atoms with Crippen molar-refractivity contribution in [2.75, 3.05) is 11.9 Å². The van der Waals surface area contributed by atoms with Crippen molar-refractivity contribution in [2.45, 2.75) is 72.5 Å². The van der Waals surface area contributed by atoms with Crippen LogP contribution >= 0.6 is 0 Å². The number of pyridine rings is 1. The van der Waals surface area contributed by atoms with Crippen LogP contribution in [0, 0.1) is 18.8 Å². The third-order valence-corrected chi connectivity index (χ3v) is 5.60. The minimum atomic E-state index is -4.57. The highest BCUT2D eigenvalue weighted by Crippen LogP contribution is 2.28. The smallest absolute Gasteiger partial charge is 0.428 e. The van der Waals surface area contributed by atoms with Gasteiger partial charge in [0.1, 0.15) is 5.75 Å². The number of anilines is 1. The summed E-state index contributed by atoms with van der Waals surface area (Å²) in [5.74, 6) is 0.351. The lowest BCUT2D eigenvalue weighted by atomic mass is 9.93. The van der Waals surface area contributed by atoms with E-state index in [9.17, 15) is 22.4 Å². The third-order valence-electron chi connectivity index (χ3n) is 5.60. The monoisotopic (exact) mass is 497 g/mol. The Labute approximate surface area is 204 Å². The van der Waals surface area contributed by atoms with Gasteiger partial charge in [0.15, 0.2) is 0 Å². The molecule has 0 aliphatic heterocycles. The lowest BCUT2D eigenvalue weighted by molar-refractivity contribution is -0.253. The molecule has 1 aromatic carbocycles. The van der Waals surface area contributed by atoms with Gasteiger partial charge in [-0.25, -0.2) is 0 Å². The molecule has 1 heterocycles. The van der Waals surface area contributed by atoms with Crippen LogP contribution in [0.15, 0.2) is 36.5 Å². The number of halogens is 4. The van der Waals surface area contributed by atoms with Crippen LogP contribution in [0.4, 0.5) is 23.2 Å². The summed E-state index contributed by atoms with van der Waals surface area (Å²) in [5, 5.41) is 6.29. The lowest BCUT2D eigenvalue weighted by Gasteiger charge is -2.21. The van der Waals surface area contributed by atoms with Crippen LogP contribution in [-0.4, -0.2) is 30.0 Å². The average molecular weight is 498 g/mol. The fourth-order valence-electron chi connectivity index (χ4n) is 3.90. The molecule has 1 amide bonds. The van der Waals surface area contributed by atoms with Crippen molar-refractivity contribution in [1.82, 2.24) is 10.3 Å². The Balaban J connectivity index is 2.09. The molecule has 5 nitrogen and oxygen atoms in total. The second-order valence-electron chi connectivity index (χ2n) is 9.27. The molecule has 0 aliphatic rings. The Morgan fingerprint density at radius 2 is 1.80 bits per heavy atom. The Kier molecular flexibility index (Phi) is 10.3. The first-order valence-corrected chi connectivity index (χ1v) is 11.9. The number of nitrogens with one attached hydrogen (secondary N) is 2. The van der Waals surface area contributed by atoms with Crippen LogP contribution in [0.25, 0.3) is 0 Å². The van der Waals surface area contributed by atoms with Gasteiger partial charge in [-0.2, -0.15) is 17.6 Å². The fraction of sp³-hybridized carbons (Fsp3) is 0.538. The van der Waals surface area contributed by atoms with Crippen LogP contribution in [0.1, 0.15) is 74.6 Å². The van der Waals surface area contributed by atoms with Crippen molar-refractivity contribution in [2.24, 2.45) is 11.8 Å². The van der Waals surface area contributed by atoms with E-state index in [1.165, 1.54) is 24.3 Å². The molecule has 0 bridgehead atoms. The number of carbonyl (C=O) groups is 1. The summed E-state index contributed by atoms with van der Waals surface area (Å²) in [6.07, 6.45) is -3.60. The van der Waals surface area contributed by atoms with Crippen molar-refractivity contribution >= 4 is 11.6 Å². The van der Waals surface area contributed by atoms with Gasteiger partial charge in [-0.1, -0.05) is 39.3 Å². The number of carbonyl (C=O) groups excluding carboxylic acids is 1. The van der Waals surface area contributed by atoms with Gasteiger partial charge in [0, 0.05) is 12.2 Å². The molecule has 2 N–H and O–H groups in total. The second kappa shape index (κ2) is 12.7. The van der Waals surface area contributed by atoms with E-state index in [0.717, 1.165) is 25.8 Å². The zero-order valence-corrected chi connectivity index (χ0v) is 20.9. The molecule has 2 atom stereocenters. The molecule has 9 heteroatoms. The molecule has 0 spiro atoms. The van der Waals surface area contributed by atoms with Gasteiger partial charge >= 0.3 is 12.5 Å². The minimum absolute atomic E-state index is 0.314. The maximum Gasteiger partial charge on any atom is 0.461 e. The summed E-state index contributed by atoms with van der Waals surface area (Å²) >= 11 is 0. The second-order valence-corrected chi connectivity index (χ2v) is 9.27. The molecule has 194 valence electrons. The van der Waals surface area contributed by atoms with E-state index < -0.39 is 24.3 Å². The van der Waals surface area contributed by atoms with E-state index in [0.29, 0.717) is 34.3 Å². The van der Waals surface area contributed by atoms with Gasteiger partial charge in [0.25, 0.3) is 5.91 Å². The maximum absolute atomic E-state index is 13.1. The molecule has 2 aromatic rings. The highest BCUT2D eigenvalue weighted by molar-refractivity contribution is 5.99. The van der Waals surface area contributed by atoms with Crippen molar-refractivity contribution < 1.29 is 27.1 Å². The number of hydrogen-bond acceptors (Lipinski definition) is 4. The first-order valence-electron chi connectivity index (χ1n) is 11.9. The average Bonchev–Trinajstić information content (AvgIpc) is 2.77. The molecule has 1 aromatic heterocycles. The first-order chi connectivity index (χ1) is 16.4. The van der Waals surface area contributed by atoms with E-state index in [1.54, 1.807) is 26.1 Å². The van der Waals surface area contributed by atoms with E-state index >= 15 is 0 Å². The molecular formula is C26H35F4N3O2. The molecule has 0 saturated carbocycles. The SMILES string of the molecule is CCCC(CNc1cnc(C)cc1C(=O)NC(C)c1ccc(OC(F)(F)C(F)F)cc1)CC(C)C. The number of nitrogens with zero attached hydrogens (tertiary/aromatic N) is 1. The molecule has 0 aliphatic carbocycles. The molecule has 0 saturated heterocycles. The van der Waals surface area contributed by atoms with Crippen LogP contribution in [-0.2, 0) is 0 Å². The minimum Gasteiger partial charge on any atom is -0.428 e. The van der Waals surface area contributed by atoms with Crippen LogP contribution < -0.4 is 15.4 Å². The van der Waals surface area contributed by atoms with Crippen molar-refractivity contribution in [3.63, 3.8) is 0 Å². The Hall–Kier alpha value is -2.84.